The van der Waals surface area contributed by atoms with Crippen LogP contribution in [0.4, 0.5) is 5.13 Å². The van der Waals surface area contributed by atoms with Crippen LogP contribution in [0.25, 0.3) is 0 Å². The number of likely N-dealkylation sites (N-methyl/N-ethyl adjacent to an activating group) is 1. The maximum absolute atomic E-state index is 12.2. The third-order valence-electron chi connectivity index (χ3n) is 3.32. The van der Waals surface area contributed by atoms with E-state index < -0.39 is 11.5 Å². The van der Waals surface area contributed by atoms with E-state index in [0.717, 1.165) is 0 Å². The summed E-state index contributed by atoms with van der Waals surface area (Å²) in [6.45, 7) is 5.08. The third-order valence-corrected chi connectivity index (χ3v) is 4.18. The summed E-state index contributed by atoms with van der Waals surface area (Å²) in [6.07, 6.45) is 0. The lowest BCUT2D eigenvalue weighted by molar-refractivity contribution is -0.136. The van der Waals surface area contributed by atoms with Gasteiger partial charge >= 0.3 is 5.97 Å². The van der Waals surface area contributed by atoms with E-state index in [1.54, 1.807) is 17.3 Å². The zero-order valence-corrected chi connectivity index (χ0v) is 12.3. The highest BCUT2D eigenvalue weighted by Gasteiger charge is 2.41. The molecule has 0 spiro atoms. The highest BCUT2D eigenvalue weighted by atomic mass is 32.1. The molecule has 1 fully saturated rings. The van der Waals surface area contributed by atoms with Crippen LogP contribution in [-0.4, -0.2) is 54.5 Å². The molecule has 1 aliphatic heterocycles. The molecule has 1 saturated heterocycles. The van der Waals surface area contributed by atoms with Crippen molar-refractivity contribution < 1.29 is 14.3 Å². The summed E-state index contributed by atoms with van der Waals surface area (Å²) in [6, 6.07) is 0. The maximum Gasteiger partial charge on any atom is 0.357 e. The van der Waals surface area contributed by atoms with Crippen molar-refractivity contribution >= 4 is 28.3 Å². The van der Waals surface area contributed by atoms with Gasteiger partial charge in [-0.2, -0.15) is 0 Å². The summed E-state index contributed by atoms with van der Waals surface area (Å²) < 4.78 is 4.64. The Morgan fingerprint density at radius 2 is 2.16 bits per heavy atom. The molecule has 104 valence electrons. The van der Waals surface area contributed by atoms with Crippen molar-refractivity contribution in [1.29, 1.82) is 0 Å². The van der Waals surface area contributed by atoms with E-state index in [4.69, 9.17) is 0 Å². The lowest BCUT2D eigenvalue weighted by Crippen LogP contribution is -2.62. The van der Waals surface area contributed by atoms with Gasteiger partial charge in [0.15, 0.2) is 10.8 Å². The normalized spacial score (nSPS) is 18.6. The van der Waals surface area contributed by atoms with Crippen LogP contribution in [0.15, 0.2) is 5.38 Å². The molecule has 2 heterocycles. The van der Waals surface area contributed by atoms with Crippen LogP contribution in [0.2, 0.25) is 0 Å². The van der Waals surface area contributed by atoms with Crippen LogP contribution < -0.4 is 4.90 Å². The second-order valence-electron chi connectivity index (χ2n) is 4.94. The molecule has 0 atom stereocenters. The fourth-order valence-electron chi connectivity index (χ4n) is 2.13. The molecule has 0 unspecified atom stereocenters. The van der Waals surface area contributed by atoms with Gasteiger partial charge in [0.05, 0.1) is 7.11 Å². The van der Waals surface area contributed by atoms with E-state index >= 15 is 0 Å². The van der Waals surface area contributed by atoms with Gasteiger partial charge in [-0.15, -0.1) is 11.3 Å². The van der Waals surface area contributed by atoms with Crippen molar-refractivity contribution in [3.8, 4) is 0 Å². The predicted molar refractivity (Wildman–Crippen MR) is 72.5 cm³/mol. The highest BCUT2D eigenvalue weighted by Crippen LogP contribution is 2.31. The number of anilines is 1. The van der Waals surface area contributed by atoms with Crippen LogP contribution in [0.3, 0.4) is 0 Å². The average molecular weight is 283 g/mol. The number of carbonyl (C=O) groups excluding carboxylic acids is 2. The molecule has 19 heavy (non-hydrogen) atoms. The first-order valence-corrected chi connectivity index (χ1v) is 6.83. The number of aromatic nitrogens is 1. The van der Waals surface area contributed by atoms with Crippen molar-refractivity contribution in [3.63, 3.8) is 0 Å². The Morgan fingerprint density at radius 1 is 1.47 bits per heavy atom. The molecule has 1 amide bonds. The summed E-state index contributed by atoms with van der Waals surface area (Å²) in [5.41, 5.74) is -0.372. The number of methoxy groups -OCH3 is 1. The Hall–Kier alpha value is -1.63. The summed E-state index contributed by atoms with van der Waals surface area (Å²) in [5.74, 6) is -0.408. The third kappa shape index (κ3) is 2.30. The van der Waals surface area contributed by atoms with E-state index in [2.05, 4.69) is 9.72 Å². The zero-order chi connectivity index (χ0) is 14.2. The lowest BCUT2D eigenvalue weighted by atomic mass is 9.99. The number of hydrogen-bond acceptors (Lipinski definition) is 6. The SMILES string of the molecule is COC(=O)c1csc(N2CCN(C)C(=O)C2(C)C)n1. The van der Waals surface area contributed by atoms with Gasteiger partial charge < -0.3 is 14.5 Å². The van der Waals surface area contributed by atoms with Gasteiger partial charge in [-0.1, -0.05) is 0 Å². The first-order valence-electron chi connectivity index (χ1n) is 5.95. The summed E-state index contributed by atoms with van der Waals surface area (Å²) >= 11 is 1.35. The summed E-state index contributed by atoms with van der Waals surface area (Å²) in [5, 5.41) is 2.33. The standard InChI is InChI=1S/C12H17N3O3S/c1-12(2)10(17)14(3)5-6-15(12)11-13-8(7-19-11)9(16)18-4/h7H,5-6H2,1-4H3. The number of rotatable bonds is 2. The van der Waals surface area contributed by atoms with Crippen LogP contribution >= 0.6 is 11.3 Å². The molecular weight excluding hydrogens is 266 g/mol. The average Bonchev–Trinajstić information content (AvgIpc) is 2.84. The molecule has 2 rings (SSSR count). The molecule has 6 nitrogen and oxygen atoms in total. The summed E-state index contributed by atoms with van der Waals surface area (Å²) in [7, 11) is 3.12. The number of carbonyl (C=O) groups is 2. The molecular formula is C12H17N3O3S. The molecule has 7 heteroatoms. The number of piperazine rings is 1. The van der Waals surface area contributed by atoms with Gasteiger partial charge in [0.2, 0.25) is 5.91 Å². The smallest absolute Gasteiger partial charge is 0.357 e. The molecule has 1 aliphatic rings. The molecule has 0 radical (unpaired) electrons. The van der Waals surface area contributed by atoms with Crippen LogP contribution in [0.1, 0.15) is 24.3 Å². The Morgan fingerprint density at radius 3 is 2.79 bits per heavy atom. The minimum Gasteiger partial charge on any atom is -0.464 e. The Balaban J connectivity index is 2.29. The zero-order valence-electron chi connectivity index (χ0n) is 11.5. The first kappa shape index (κ1) is 13.8. The fourth-order valence-corrected chi connectivity index (χ4v) is 3.10. The maximum atomic E-state index is 12.2. The van der Waals surface area contributed by atoms with E-state index in [1.165, 1.54) is 18.4 Å². The molecule has 0 bridgehead atoms. The number of ether oxygens (including phenoxy) is 1. The Labute approximate surface area is 116 Å². The number of thiazole rings is 1. The largest absolute Gasteiger partial charge is 0.464 e. The minimum absolute atomic E-state index is 0.0496. The Kier molecular flexibility index (Phi) is 3.49. The molecule has 0 N–H and O–H groups in total. The quantitative estimate of drug-likeness (QED) is 0.757. The minimum atomic E-state index is -0.655. The molecule has 0 aromatic carbocycles. The van der Waals surface area contributed by atoms with Crippen LogP contribution in [0.5, 0.6) is 0 Å². The van der Waals surface area contributed by atoms with Gasteiger partial charge in [-0.3, -0.25) is 4.79 Å². The van der Waals surface area contributed by atoms with Crippen LogP contribution in [0, 0.1) is 0 Å². The van der Waals surface area contributed by atoms with Crippen molar-refractivity contribution in [2.24, 2.45) is 0 Å². The van der Waals surface area contributed by atoms with E-state index in [-0.39, 0.29) is 11.6 Å². The van der Waals surface area contributed by atoms with Gasteiger partial charge in [0, 0.05) is 25.5 Å². The Bertz CT molecular complexity index is 512. The monoisotopic (exact) mass is 283 g/mol. The van der Waals surface area contributed by atoms with E-state index in [1.807, 2.05) is 18.7 Å². The number of nitrogens with zero attached hydrogens (tertiary/aromatic N) is 3. The van der Waals surface area contributed by atoms with Gasteiger partial charge in [-0.05, 0) is 13.8 Å². The van der Waals surface area contributed by atoms with Gasteiger partial charge in [0.1, 0.15) is 5.54 Å². The van der Waals surface area contributed by atoms with Crippen molar-refractivity contribution in [2.45, 2.75) is 19.4 Å². The van der Waals surface area contributed by atoms with E-state index in [0.29, 0.717) is 18.2 Å². The molecule has 1 aromatic heterocycles. The molecule has 0 aliphatic carbocycles. The van der Waals surface area contributed by atoms with Crippen molar-refractivity contribution in [3.05, 3.63) is 11.1 Å². The fraction of sp³-hybridized carbons (Fsp3) is 0.583. The van der Waals surface area contributed by atoms with Crippen molar-refractivity contribution in [2.75, 3.05) is 32.1 Å². The number of amides is 1. The number of hydrogen-bond donors (Lipinski definition) is 0. The molecule has 0 saturated carbocycles. The molecule has 1 aromatic rings. The predicted octanol–water partition coefficient (Wildman–Crippen LogP) is 0.987. The highest BCUT2D eigenvalue weighted by molar-refractivity contribution is 7.14. The van der Waals surface area contributed by atoms with Gasteiger partial charge in [0.25, 0.3) is 0 Å². The van der Waals surface area contributed by atoms with Crippen LogP contribution in [-0.2, 0) is 9.53 Å². The van der Waals surface area contributed by atoms with Gasteiger partial charge in [-0.25, -0.2) is 9.78 Å². The number of esters is 1. The topological polar surface area (TPSA) is 62.7 Å². The summed E-state index contributed by atoms with van der Waals surface area (Å²) in [4.78, 5) is 31.5. The lowest BCUT2D eigenvalue weighted by Gasteiger charge is -2.44. The second-order valence-corrected chi connectivity index (χ2v) is 5.78. The van der Waals surface area contributed by atoms with E-state index in [9.17, 15) is 9.59 Å². The second kappa shape index (κ2) is 4.80. The first-order chi connectivity index (χ1) is 8.87. The van der Waals surface area contributed by atoms with Crippen molar-refractivity contribution in [1.82, 2.24) is 9.88 Å².